The molecular formula is C27H32F3N5O3. The van der Waals surface area contributed by atoms with Crippen LogP contribution in [0.3, 0.4) is 0 Å². The number of aromatic amines is 1. The number of aromatic nitrogens is 3. The van der Waals surface area contributed by atoms with E-state index in [9.17, 15) is 22.8 Å². The lowest BCUT2D eigenvalue weighted by Gasteiger charge is -2.43. The standard InChI is InChI=1S/C27H32F3N5O3/c1-15-10-18(20(28)14-32-15)21-11-22(34-33-21)24(37)35-8-4-17(23(31)36)12-25(35)13-19(25)16-2-5-26(6-3-16)27(29,30)7-9-38-26/h10-11,14,16-17,19H,2-9,12-13H2,1H3,(H2,31,36)(H,33,34). The van der Waals surface area contributed by atoms with Crippen LogP contribution in [0.4, 0.5) is 13.2 Å². The number of amides is 2. The Hall–Kier alpha value is -2.95. The predicted octanol–water partition coefficient (Wildman–Crippen LogP) is 4.00. The lowest BCUT2D eigenvalue weighted by atomic mass is 9.72. The van der Waals surface area contributed by atoms with Crippen molar-refractivity contribution in [1.82, 2.24) is 20.1 Å². The van der Waals surface area contributed by atoms with Gasteiger partial charge in [-0.15, -0.1) is 0 Å². The third-order valence-corrected chi connectivity index (χ3v) is 9.54. The molecular weight excluding hydrogens is 499 g/mol. The van der Waals surface area contributed by atoms with Crippen molar-refractivity contribution < 1.29 is 27.5 Å². The second-order valence-electron chi connectivity index (χ2n) is 11.6. The molecule has 3 N–H and O–H groups in total. The first-order valence-corrected chi connectivity index (χ1v) is 13.4. The van der Waals surface area contributed by atoms with Gasteiger partial charge < -0.3 is 15.4 Å². The topological polar surface area (TPSA) is 114 Å². The normalized spacial score (nSPS) is 34.1. The summed E-state index contributed by atoms with van der Waals surface area (Å²) in [7, 11) is 0. The van der Waals surface area contributed by atoms with Crippen molar-refractivity contribution in [2.75, 3.05) is 13.2 Å². The molecule has 0 radical (unpaired) electrons. The number of carbonyl (C=O) groups excluding carboxylic acids is 2. The number of nitrogens with zero attached hydrogens (tertiary/aromatic N) is 3. The molecule has 3 atom stereocenters. The van der Waals surface area contributed by atoms with Crippen LogP contribution in [0.15, 0.2) is 18.3 Å². The molecule has 4 heterocycles. The smallest absolute Gasteiger partial charge is 0.278 e. The summed E-state index contributed by atoms with van der Waals surface area (Å²) in [5.41, 5.74) is 5.20. The van der Waals surface area contributed by atoms with Gasteiger partial charge >= 0.3 is 0 Å². The van der Waals surface area contributed by atoms with Crippen molar-refractivity contribution >= 4 is 11.8 Å². The van der Waals surface area contributed by atoms with Gasteiger partial charge in [0, 0.05) is 35.7 Å². The van der Waals surface area contributed by atoms with Crippen LogP contribution in [0.25, 0.3) is 11.3 Å². The van der Waals surface area contributed by atoms with Crippen molar-refractivity contribution in [2.24, 2.45) is 23.5 Å². The second-order valence-corrected chi connectivity index (χ2v) is 11.6. The van der Waals surface area contributed by atoms with Gasteiger partial charge in [-0.3, -0.25) is 19.7 Å². The maximum atomic E-state index is 14.6. The first-order chi connectivity index (χ1) is 18.1. The number of nitrogens with two attached hydrogens (primary N) is 1. The average Bonchev–Trinajstić information content (AvgIpc) is 3.22. The highest BCUT2D eigenvalue weighted by atomic mass is 19.3. The molecule has 2 aliphatic carbocycles. The molecule has 2 aliphatic heterocycles. The fourth-order valence-corrected chi connectivity index (χ4v) is 7.35. The highest BCUT2D eigenvalue weighted by Gasteiger charge is 2.67. The van der Waals surface area contributed by atoms with E-state index in [-0.39, 0.29) is 53.9 Å². The van der Waals surface area contributed by atoms with E-state index in [0.29, 0.717) is 62.9 Å². The summed E-state index contributed by atoms with van der Waals surface area (Å²) in [6, 6.07) is 3.12. The van der Waals surface area contributed by atoms with Crippen LogP contribution < -0.4 is 5.73 Å². The van der Waals surface area contributed by atoms with Crippen LogP contribution in [0.5, 0.6) is 0 Å². The maximum Gasteiger partial charge on any atom is 0.278 e. The van der Waals surface area contributed by atoms with Gasteiger partial charge in [-0.2, -0.15) is 5.10 Å². The fourth-order valence-electron chi connectivity index (χ4n) is 7.35. The van der Waals surface area contributed by atoms with E-state index in [1.54, 1.807) is 17.9 Å². The van der Waals surface area contributed by atoms with Crippen LogP contribution in [-0.2, 0) is 9.53 Å². The van der Waals surface area contributed by atoms with Crippen LogP contribution >= 0.6 is 0 Å². The number of carbonyl (C=O) groups is 2. The van der Waals surface area contributed by atoms with Crippen LogP contribution in [0, 0.1) is 30.5 Å². The Morgan fingerprint density at radius 2 is 1.92 bits per heavy atom. The molecule has 38 heavy (non-hydrogen) atoms. The Balaban J connectivity index is 1.23. The summed E-state index contributed by atoms with van der Waals surface area (Å²) in [6.45, 7) is 2.19. The van der Waals surface area contributed by atoms with Crippen LogP contribution in [0.2, 0.25) is 0 Å². The number of pyridine rings is 1. The lowest BCUT2D eigenvalue weighted by Crippen LogP contribution is -2.52. The number of nitrogens with one attached hydrogen (secondary N) is 1. The number of hydrogen-bond donors (Lipinski definition) is 2. The Bertz CT molecular complexity index is 1270. The first-order valence-electron chi connectivity index (χ1n) is 13.4. The molecule has 8 nitrogen and oxygen atoms in total. The summed E-state index contributed by atoms with van der Waals surface area (Å²) in [5, 5.41) is 6.96. The summed E-state index contributed by atoms with van der Waals surface area (Å²) in [6.07, 6.45) is 4.30. The van der Waals surface area contributed by atoms with E-state index in [0.717, 1.165) is 6.20 Å². The molecule has 11 heteroatoms. The number of aryl methyl sites for hydroxylation is 1. The third-order valence-electron chi connectivity index (χ3n) is 9.54. The number of H-pyrrole nitrogens is 1. The Morgan fingerprint density at radius 1 is 1.16 bits per heavy atom. The van der Waals surface area contributed by atoms with Gasteiger partial charge in [0.15, 0.2) is 11.5 Å². The monoisotopic (exact) mass is 531 g/mol. The van der Waals surface area contributed by atoms with E-state index >= 15 is 0 Å². The van der Waals surface area contributed by atoms with E-state index in [4.69, 9.17) is 10.5 Å². The molecule has 2 aromatic heterocycles. The average molecular weight is 532 g/mol. The zero-order valence-electron chi connectivity index (χ0n) is 21.3. The zero-order valence-corrected chi connectivity index (χ0v) is 21.3. The summed E-state index contributed by atoms with van der Waals surface area (Å²) >= 11 is 0. The number of primary amides is 1. The molecule has 0 bridgehead atoms. The molecule has 4 aliphatic rings. The highest BCUT2D eigenvalue weighted by molar-refractivity contribution is 5.94. The predicted molar refractivity (Wildman–Crippen MR) is 131 cm³/mol. The first kappa shape index (κ1) is 25.3. The second kappa shape index (κ2) is 8.79. The Morgan fingerprint density at radius 3 is 2.61 bits per heavy atom. The molecule has 0 aromatic carbocycles. The number of likely N-dealkylation sites (tertiary alicyclic amines) is 1. The summed E-state index contributed by atoms with van der Waals surface area (Å²) < 4.78 is 49.1. The van der Waals surface area contributed by atoms with E-state index in [1.165, 1.54) is 6.07 Å². The maximum absolute atomic E-state index is 14.6. The molecule has 2 spiro atoms. The SMILES string of the molecule is Cc1cc(-c2cc(C(=O)N3CCC(C(N)=O)CC34CC4C3CCC4(CC3)OCCC4(F)F)n[nH]2)c(F)cn1. The van der Waals surface area contributed by atoms with E-state index in [2.05, 4.69) is 15.2 Å². The Kier molecular flexibility index (Phi) is 5.86. The molecule has 2 saturated heterocycles. The summed E-state index contributed by atoms with van der Waals surface area (Å²) in [5.74, 6) is -4.09. The van der Waals surface area contributed by atoms with Crippen molar-refractivity contribution in [1.29, 1.82) is 0 Å². The van der Waals surface area contributed by atoms with Gasteiger partial charge in [0.1, 0.15) is 5.60 Å². The van der Waals surface area contributed by atoms with Gasteiger partial charge in [0.05, 0.1) is 18.5 Å². The molecule has 3 unspecified atom stereocenters. The van der Waals surface area contributed by atoms with Crippen LogP contribution in [-0.4, -0.2) is 62.1 Å². The molecule has 2 aromatic rings. The zero-order chi connectivity index (χ0) is 26.9. The van der Waals surface area contributed by atoms with Gasteiger partial charge in [0.2, 0.25) is 5.91 Å². The minimum absolute atomic E-state index is 0.0855. The molecule has 2 saturated carbocycles. The Labute approximate surface area is 218 Å². The minimum Gasteiger partial charge on any atom is -0.369 e. The van der Waals surface area contributed by atoms with E-state index < -0.39 is 22.9 Å². The van der Waals surface area contributed by atoms with Gasteiger partial charge in [-0.1, -0.05) is 0 Å². The lowest BCUT2D eigenvalue weighted by molar-refractivity contribution is -0.168. The number of alkyl halides is 2. The van der Waals surface area contributed by atoms with Crippen LogP contribution in [0.1, 0.15) is 67.5 Å². The largest absolute Gasteiger partial charge is 0.369 e. The fraction of sp³-hybridized carbons (Fsp3) is 0.630. The quantitative estimate of drug-likeness (QED) is 0.619. The highest BCUT2D eigenvalue weighted by Crippen LogP contribution is 2.63. The van der Waals surface area contributed by atoms with Gasteiger partial charge in [-0.25, -0.2) is 13.2 Å². The number of rotatable bonds is 4. The number of hydrogen-bond acceptors (Lipinski definition) is 5. The molecule has 6 rings (SSSR count). The van der Waals surface area contributed by atoms with E-state index in [1.807, 2.05) is 0 Å². The summed E-state index contributed by atoms with van der Waals surface area (Å²) in [4.78, 5) is 31.6. The van der Waals surface area contributed by atoms with Gasteiger partial charge in [-0.05, 0) is 75.8 Å². The number of piperidine rings is 1. The number of halogens is 3. The van der Waals surface area contributed by atoms with Crippen molar-refractivity contribution in [3.63, 3.8) is 0 Å². The number of ether oxygens (including phenoxy) is 1. The molecule has 4 fully saturated rings. The third kappa shape index (κ3) is 3.92. The van der Waals surface area contributed by atoms with Crippen molar-refractivity contribution in [3.8, 4) is 11.3 Å². The van der Waals surface area contributed by atoms with Gasteiger partial charge in [0.25, 0.3) is 11.8 Å². The van der Waals surface area contributed by atoms with Crippen molar-refractivity contribution in [2.45, 2.75) is 75.4 Å². The molecule has 2 amide bonds. The molecule has 204 valence electrons. The minimum atomic E-state index is -2.81. The van der Waals surface area contributed by atoms with Crippen molar-refractivity contribution in [3.05, 3.63) is 35.5 Å².